The molecule has 9 nitrogen and oxygen atoms in total. The van der Waals surface area contributed by atoms with E-state index in [1.807, 2.05) is 0 Å². The predicted molar refractivity (Wildman–Crippen MR) is 96.3 cm³/mol. The maximum Gasteiger partial charge on any atom is 0.419 e. The van der Waals surface area contributed by atoms with Crippen molar-refractivity contribution in [1.82, 2.24) is 9.88 Å². The lowest BCUT2D eigenvalue weighted by Gasteiger charge is -2.21. The Balaban J connectivity index is 1.56. The van der Waals surface area contributed by atoms with Gasteiger partial charge in [0.05, 0.1) is 22.1 Å². The number of aromatic nitrogens is 1. The quantitative estimate of drug-likeness (QED) is 0.546. The van der Waals surface area contributed by atoms with Gasteiger partial charge in [-0.15, -0.1) is 0 Å². The molecule has 0 spiro atoms. The highest BCUT2D eigenvalue weighted by Gasteiger charge is 2.31. The molecule has 1 saturated heterocycles. The van der Waals surface area contributed by atoms with E-state index in [9.17, 15) is 24.8 Å². The first-order valence-electron chi connectivity index (χ1n) is 8.23. The minimum Gasteiger partial charge on any atom is -0.407 e. The molecule has 1 aliphatic heterocycles. The molecule has 1 aromatic heterocycles. The van der Waals surface area contributed by atoms with Crippen LogP contribution in [0.25, 0.3) is 11.1 Å². The van der Waals surface area contributed by atoms with Gasteiger partial charge in [0.2, 0.25) is 5.91 Å². The second kappa shape index (κ2) is 7.50. The smallest absolute Gasteiger partial charge is 0.407 e. The number of nitrogens with zero attached hydrogens (tertiary/aromatic N) is 2. The highest BCUT2D eigenvalue weighted by atomic mass is 32.2. The Hall–Kier alpha value is -2.33. The van der Waals surface area contributed by atoms with E-state index in [0.29, 0.717) is 24.1 Å². The number of nitro groups is 1. The van der Waals surface area contributed by atoms with E-state index in [1.165, 1.54) is 22.8 Å². The van der Waals surface area contributed by atoms with Crippen molar-refractivity contribution >= 4 is 34.5 Å². The van der Waals surface area contributed by atoms with E-state index in [2.05, 4.69) is 5.32 Å². The number of amides is 1. The molecular formula is C16H19N3O6S. The third-order valence-electron chi connectivity index (χ3n) is 4.35. The van der Waals surface area contributed by atoms with Crippen LogP contribution in [-0.4, -0.2) is 44.2 Å². The number of hydrogen-bond donors (Lipinski definition) is 2. The minimum atomic E-state index is -0.827. The first kappa shape index (κ1) is 18.5. The maximum atomic E-state index is 11.9. The summed E-state index contributed by atoms with van der Waals surface area (Å²) in [6.45, 7) is 0.494. The number of nitrogens with one attached hydrogen (secondary N) is 1. The Morgan fingerprint density at radius 2 is 2.31 bits per heavy atom. The molecule has 0 saturated carbocycles. The number of aryl methyl sites for hydroxylation is 1. The third kappa shape index (κ3) is 4.07. The number of nitro benzene ring substituents is 1. The molecule has 2 N–H and O–H groups in total. The highest BCUT2D eigenvalue weighted by molar-refractivity contribution is 7.99. The number of oxazole rings is 1. The van der Waals surface area contributed by atoms with Crippen LogP contribution in [-0.2, 0) is 11.3 Å². The maximum absolute atomic E-state index is 11.9. The molecular weight excluding hydrogens is 362 g/mol. The predicted octanol–water partition coefficient (Wildman–Crippen LogP) is 1.27. The summed E-state index contributed by atoms with van der Waals surface area (Å²) >= 11 is 1.66. The summed E-state index contributed by atoms with van der Waals surface area (Å²) in [4.78, 5) is 34.1. The molecule has 0 bridgehead atoms. The van der Waals surface area contributed by atoms with Gasteiger partial charge in [0.15, 0.2) is 5.58 Å². The number of hydrogen-bond acceptors (Lipinski definition) is 7. The normalized spacial score (nSPS) is 19.7. The number of non-ortho nitro benzene ring substituents is 1. The fourth-order valence-corrected chi connectivity index (χ4v) is 4.16. The van der Waals surface area contributed by atoms with Gasteiger partial charge in [0.1, 0.15) is 0 Å². The molecule has 26 heavy (non-hydrogen) atoms. The lowest BCUT2D eigenvalue weighted by atomic mass is 10.0. The van der Waals surface area contributed by atoms with E-state index in [-0.39, 0.29) is 36.7 Å². The van der Waals surface area contributed by atoms with Crippen LogP contribution in [0.1, 0.15) is 19.3 Å². The van der Waals surface area contributed by atoms with Crippen LogP contribution in [0.3, 0.4) is 0 Å². The minimum absolute atomic E-state index is 0.148. The monoisotopic (exact) mass is 381 g/mol. The van der Waals surface area contributed by atoms with E-state index >= 15 is 0 Å². The number of carbonyl (C=O) groups excluding carboxylic acids is 1. The first-order chi connectivity index (χ1) is 12.4. The number of rotatable bonds is 7. The molecule has 1 amide bonds. The van der Waals surface area contributed by atoms with Crippen LogP contribution < -0.4 is 11.1 Å². The molecule has 1 fully saturated rings. The van der Waals surface area contributed by atoms with Crippen molar-refractivity contribution in [3.63, 3.8) is 0 Å². The SMILES string of the molecule is O=C(CCCn1c(=O)oc2cc([N+](=O)[O-])ccc21)NC[C@@]1(O)CCSC1. The van der Waals surface area contributed by atoms with Crippen LogP contribution in [0.15, 0.2) is 27.4 Å². The van der Waals surface area contributed by atoms with Crippen LogP contribution >= 0.6 is 11.8 Å². The average Bonchev–Trinajstić information content (AvgIpc) is 3.16. The molecule has 3 rings (SSSR count). The second-order valence-corrected chi connectivity index (χ2v) is 7.44. The van der Waals surface area contributed by atoms with Crippen molar-refractivity contribution in [2.75, 3.05) is 18.1 Å². The molecule has 1 atom stereocenters. The molecule has 0 radical (unpaired) electrons. The van der Waals surface area contributed by atoms with Gasteiger partial charge in [-0.1, -0.05) is 0 Å². The first-order valence-corrected chi connectivity index (χ1v) is 9.38. The Kier molecular flexibility index (Phi) is 5.33. The summed E-state index contributed by atoms with van der Waals surface area (Å²) in [5.74, 6) is 0.710. The average molecular weight is 381 g/mol. The number of benzene rings is 1. The van der Waals surface area contributed by atoms with Crippen LogP contribution in [0.4, 0.5) is 5.69 Å². The molecule has 2 heterocycles. The Bertz CT molecular complexity index is 884. The Morgan fingerprint density at radius 1 is 1.50 bits per heavy atom. The molecule has 10 heteroatoms. The summed E-state index contributed by atoms with van der Waals surface area (Å²) in [7, 11) is 0. The van der Waals surface area contributed by atoms with Crippen molar-refractivity contribution in [2.24, 2.45) is 0 Å². The van der Waals surface area contributed by atoms with E-state index < -0.39 is 16.3 Å². The fraction of sp³-hybridized carbons (Fsp3) is 0.500. The van der Waals surface area contributed by atoms with Gasteiger partial charge in [-0.2, -0.15) is 11.8 Å². The largest absolute Gasteiger partial charge is 0.419 e. The summed E-state index contributed by atoms with van der Waals surface area (Å²) < 4.78 is 6.40. The van der Waals surface area contributed by atoms with Crippen molar-refractivity contribution in [1.29, 1.82) is 0 Å². The molecule has 140 valence electrons. The van der Waals surface area contributed by atoms with Crippen molar-refractivity contribution in [2.45, 2.75) is 31.4 Å². The number of thioether (sulfide) groups is 1. The van der Waals surface area contributed by atoms with E-state index in [1.54, 1.807) is 11.8 Å². The van der Waals surface area contributed by atoms with E-state index in [4.69, 9.17) is 4.42 Å². The highest BCUT2D eigenvalue weighted by Crippen LogP contribution is 2.27. The Labute approximate surface area is 152 Å². The van der Waals surface area contributed by atoms with Gasteiger partial charge in [-0.3, -0.25) is 19.5 Å². The van der Waals surface area contributed by atoms with Gasteiger partial charge in [-0.05, 0) is 24.7 Å². The summed E-state index contributed by atoms with van der Waals surface area (Å²) in [5.41, 5.74) is -0.374. The fourth-order valence-electron chi connectivity index (χ4n) is 2.87. The lowest BCUT2D eigenvalue weighted by molar-refractivity contribution is -0.384. The van der Waals surface area contributed by atoms with Gasteiger partial charge in [0.25, 0.3) is 5.69 Å². The molecule has 1 aromatic carbocycles. The molecule has 2 aromatic rings. The summed E-state index contributed by atoms with van der Waals surface area (Å²) in [5, 5.41) is 23.7. The zero-order chi connectivity index (χ0) is 18.7. The Morgan fingerprint density at radius 3 is 3.00 bits per heavy atom. The van der Waals surface area contributed by atoms with Gasteiger partial charge < -0.3 is 14.8 Å². The van der Waals surface area contributed by atoms with E-state index in [0.717, 1.165) is 5.75 Å². The molecule has 0 aliphatic carbocycles. The van der Waals surface area contributed by atoms with Crippen LogP contribution in [0, 0.1) is 10.1 Å². The van der Waals surface area contributed by atoms with Crippen molar-refractivity contribution in [3.8, 4) is 0 Å². The number of aliphatic hydroxyl groups is 1. The lowest BCUT2D eigenvalue weighted by Crippen LogP contribution is -2.42. The zero-order valence-electron chi connectivity index (χ0n) is 14.0. The summed E-state index contributed by atoms with van der Waals surface area (Å²) in [6.07, 6.45) is 1.28. The number of fused-ring (bicyclic) bond motifs is 1. The van der Waals surface area contributed by atoms with Crippen LogP contribution in [0.5, 0.6) is 0 Å². The van der Waals surface area contributed by atoms with Gasteiger partial charge in [0, 0.05) is 31.3 Å². The third-order valence-corrected chi connectivity index (χ3v) is 5.58. The topological polar surface area (TPSA) is 128 Å². The summed E-state index contributed by atoms with van der Waals surface area (Å²) in [6, 6.07) is 3.98. The van der Waals surface area contributed by atoms with Gasteiger partial charge >= 0.3 is 5.76 Å². The van der Waals surface area contributed by atoms with Crippen molar-refractivity contribution in [3.05, 3.63) is 38.9 Å². The second-order valence-electron chi connectivity index (χ2n) is 6.34. The van der Waals surface area contributed by atoms with Crippen LogP contribution in [0.2, 0.25) is 0 Å². The zero-order valence-corrected chi connectivity index (χ0v) is 14.8. The van der Waals surface area contributed by atoms with Gasteiger partial charge in [-0.25, -0.2) is 4.79 Å². The number of carbonyl (C=O) groups is 1. The molecule has 0 unspecified atom stereocenters. The molecule has 1 aliphatic rings. The van der Waals surface area contributed by atoms with Crippen molar-refractivity contribution < 1.29 is 19.2 Å². The standard InChI is InChI=1S/C16H19N3O6S/c20-14(17-9-16(22)5-7-26-10-16)2-1-6-18-12-4-3-11(19(23)24)8-13(12)25-15(18)21/h3-4,8,22H,1-2,5-7,9-10H2,(H,17,20)/t16-/m0/s1.